The molecule has 0 heterocycles. The Morgan fingerprint density at radius 3 is 2.00 bits per heavy atom. The van der Waals surface area contributed by atoms with E-state index in [1.807, 2.05) is 0 Å². The Labute approximate surface area is 143 Å². The molecule has 3 nitrogen and oxygen atoms in total. The third-order valence-corrected chi connectivity index (χ3v) is 5.11. The molecule has 0 bridgehead atoms. The van der Waals surface area contributed by atoms with Gasteiger partial charge in [-0.3, -0.25) is 4.79 Å². The van der Waals surface area contributed by atoms with Gasteiger partial charge in [0.25, 0.3) is 0 Å². The number of carbonyl (C=O) groups is 1. The van der Waals surface area contributed by atoms with E-state index in [0.29, 0.717) is 0 Å². The number of carbonyl (C=O) groups excluding carboxylic acids is 1. The van der Waals surface area contributed by atoms with Crippen molar-refractivity contribution in [2.75, 3.05) is 14.2 Å². The molecule has 0 spiro atoms. The van der Waals surface area contributed by atoms with Gasteiger partial charge in [0.1, 0.15) is 5.41 Å². The number of hydrogen-bond acceptors (Lipinski definition) is 3. The molecule has 25 heavy (non-hydrogen) atoms. The number of halogens is 4. The van der Waals surface area contributed by atoms with Crippen LogP contribution in [0.15, 0.2) is 12.2 Å². The molecule has 1 aromatic rings. The van der Waals surface area contributed by atoms with Gasteiger partial charge in [-0.15, -0.1) is 0 Å². The summed E-state index contributed by atoms with van der Waals surface area (Å²) in [6, 6.07) is 0. The molecule has 1 fully saturated rings. The maximum absolute atomic E-state index is 14.7. The number of allylic oxidation sites excluding steroid dienone is 2. The average Bonchev–Trinajstić information content (AvgIpc) is 3.05. The van der Waals surface area contributed by atoms with E-state index in [-0.39, 0.29) is 0 Å². The largest absolute Gasteiger partial charge is 0.468 e. The maximum atomic E-state index is 14.7. The lowest BCUT2D eigenvalue weighted by molar-refractivity contribution is -0.145. The van der Waals surface area contributed by atoms with Crippen LogP contribution in [0.5, 0.6) is 0 Å². The second-order valence-electron chi connectivity index (χ2n) is 6.57. The molecule has 1 aliphatic rings. The smallest absolute Gasteiger partial charge is 0.317 e. The van der Waals surface area contributed by atoms with Gasteiger partial charge in [0.2, 0.25) is 0 Å². The fourth-order valence-corrected chi connectivity index (χ4v) is 3.81. The standard InChI is InChI=1S/C18H20F4O3/c1-6-7-10-17(2,3)18(10,16(23)25-5)11-14(21)12(19)9(8-24-4)13(20)15(11)22/h6-7,10H,8H2,1-5H3. The van der Waals surface area contributed by atoms with E-state index in [1.54, 1.807) is 32.9 Å². The number of rotatable bonds is 5. The number of esters is 1. The normalized spacial score (nSPS) is 24.6. The van der Waals surface area contributed by atoms with E-state index in [2.05, 4.69) is 4.74 Å². The van der Waals surface area contributed by atoms with Gasteiger partial charge >= 0.3 is 5.97 Å². The summed E-state index contributed by atoms with van der Waals surface area (Å²) in [7, 11) is 2.21. The molecule has 138 valence electrons. The summed E-state index contributed by atoms with van der Waals surface area (Å²) < 4.78 is 67.5. The molecule has 0 N–H and O–H groups in total. The Balaban J connectivity index is 2.85. The van der Waals surface area contributed by atoms with Crippen molar-refractivity contribution in [2.24, 2.45) is 11.3 Å². The lowest BCUT2D eigenvalue weighted by atomic mass is 9.85. The van der Waals surface area contributed by atoms with Gasteiger partial charge in [-0.1, -0.05) is 26.0 Å². The molecule has 1 saturated carbocycles. The molecule has 0 aliphatic heterocycles. The summed E-state index contributed by atoms with van der Waals surface area (Å²) in [5.41, 5.74) is -4.64. The minimum absolute atomic E-state index is 0.640. The maximum Gasteiger partial charge on any atom is 0.317 e. The van der Waals surface area contributed by atoms with Gasteiger partial charge in [-0.25, -0.2) is 17.6 Å². The van der Waals surface area contributed by atoms with Gasteiger partial charge in [0, 0.05) is 18.6 Å². The van der Waals surface area contributed by atoms with Crippen molar-refractivity contribution in [2.45, 2.75) is 32.8 Å². The Bertz CT molecular complexity index is 713. The van der Waals surface area contributed by atoms with Gasteiger partial charge in [0.15, 0.2) is 23.3 Å². The number of methoxy groups -OCH3 is 2. The van der Waals surface area contributed by atoms with Gasteiger partial charge < -0.3 is 9.47 Å². The minimum atomic E-state index is -1.85. The van der Waals surface area contributed by atoms with Crippen LogP contribution in [0.4, 0.5) is 17.6 Å². The zero-order valence-electron chi connectivity index (χ0n) is 14.7. The van der Waals surface area contributed by atoms with Crippen molar-refractivity contribution in [3.63, 3.8) is 0 Å². The molecule has 1 aromatic carbocycles. The van der Waals surface area contributed by atoms with E-state index in [4.69, 9.17) is 4.74 Å². The van der Waals surface area contributed by atoms with Crippen molar-refractivity contribution < 1.29 is 31.8 Å². The SMILES string of the molecule is CC=CC1C(C)(C)C1(C(=O)OC)c1c(F)c(F)c(COC)c(F)c1F. The van der Waals surface area contributed by atoms with Crippen LogP contribution in [-0.4, -0.2) is 20.2 Å². The monoisotopic (exact) mass is 360 g/mol. The van der Waals surface area contributed by atoms with Crippen LogP contribution in [0.1, 0.15) is 31.9 Å². The fraction of sp³-hybridized carbons (Fsp3) is 0.500. The molecule has 2 atom stereocenters. The van der Waals surface area contributed by atoms with Crippen LogP contribution in [0.25, 0.3) is 0 Å². The molecule has 0 amide bonds. The molecule has 2 rings (SSSR count). The summed E-state index contributed by atoms with van der Waals surface area (Å²) >= 11 is 0. The Morgan fingerprint density at radius 1 is 1.08 bits per heavy atom. The molecular weight excluding hydrogens is 340 g/mol. The number of benzene rings is 1. The molecular formula is C18H20F4O3. The van der Waals surface area contributed by atoms with Crippen LogP contribution in [0.3, 0.4) is 0 Å². The predicted molar refractivity (Wildman–Crippen MR) is 82.8 cm³/mol. The van der Waals surface area contributed by atoms with Crippen LogP contribution in [-0.2, 0) is 26.3 Å². The Hall–Kier alpha value is -1.89. The zero-order chi connectivity index (χ0) is 19.2. The summed E-state index contributed by atoms with van der Waals surface area (Å²) in [5.74, 6) is -7.96. The second kappa shape index (κ2) is 6.44. The van der Waals surface area contributed by atoms with Crippen molar-refractivity contribution in [1.29, 1.82) is 0 Å². The van der Waals surface area contributed by atoms with Crippen molar-refractivity contribution in [1.82, 2.24) is 0 Å². The fourth-order valence-electron chi connectivity index (χ4n) is 3.81. The van der Waals surface area contributed by atoms with Crippen molar-refractivity contribution in [3.05, 3.63) is 46.5 Å². The highest BCUT2D eigenvalue weighted by Gasteiger charge is 2.78. The predicted octanol–water partition coefficient (Wildman–Crippen LogP) is 4.03. The van der Waals surface area contributed by atoms with Crippen LogP contribution < -0.4 is 0 Å². The first-order valence-corrected chi connectivity index (χ1v) is 7.69. The summed E-state index contributed by atoms with van der Waals surface area (Å²) in [6.45, 7) is 4.21. The zero-order valence-corrected chi connectivity index (χ0v) is 14.7. The van der Waals surface area contributed by atoms with E-state index in [0.717, 1.165) is 14.2 Å². The molecule has 7 heteroatoms. The van der Waals surface area contributed by atoms with E-state index in [9.17, 15) is 22.4 Å². The molecule has 0 aromatic heterocycles. The number of ether oxygens (including phenoxy) is 2. The third kappa shape index (κ3) is 2.39. The van der Waals surface area contributed by atoms with Gasteiger partial charge in [0.05, 0.1) is 19.3 Å². The van der Waals surface area contributed by atoms with Crippen molar-refractivity contribution in [3.8, 4) is 0 Å². The average molecular weight is 360 g/mol. The molecule has 0 saturated heterocycles. The summed E-state index contributed by atoms with van der Waals surface area (Å²) in [6.07, 6.45) is 3.19. The first-order chi connectivity index (χ1) is 11.6. The molecule has 2 unspecified atom stereocenters. The van der Waals surface area contributed by atoms with E-state index in [1.165, 1.54) is 0 Å². The minimum Gasteiger partial charge on any atom is -0.468 e. The van der Waals surface area contributed by atoms with Gasteiger partial charge in [-0.2, -0.15) is 0 Å². The first-order valence-electron chi connectivity index (χ1n) is 7.69. The van der Waals surface area contributed by atoms with Crippen LogP contribution in [0.2, 0.25) is 0 Å². The molecule has 1 aliphatic carbocycles. The highest BCUT2D eigenvalue weighted by atomic mass is 19.2. The van der Waals surface area contributed by atoms with Crippen LogP contribution >= 0.6 is 0 Å². The van der Waals surface area contributed by atoms with Gasteiger partial charge in [-0.05, 0) is 12.3 Å². The highest BCUT2D eigenvalue weighted by molar-refractivity contribution is 5.90. The Morgan fingerprint density at radius 2 is 1.60 bits per heavy atom. The topological polar surface area (TPSA) is 35.5 Å². The van der Waals surface area contributed by atoms with E-state index < -0.39 is 63.7 Å². The van der Waals surface area contributed by atoms with Crippen LogP contribution in [0, 0.1) is 34.6 Å². The quantitative estimate of drug-likeness (QED) is 0.344. The summed E-state index contributed by atoms with van der Waals surface area (Å²) in [5, 5.41) is 0. The Kier molecular flexibility index (Phi) is 5.01. The third-order valence-electron chi connectivity index (χ3n) is 5.11. The number of hydrogen-bond donors (Lipinski definition) is 0. The lowest BCUT2D eigenvalue weighted by Gasteiger charge is -2.21. The molecule has 0 radical (unpaired) electrons. The lowest BCUT2D eigenvalue weighted by Crippen LogP contribution is -2.32. The van der Waals surface area contributed by atoms with Crippen molar-refractivity contribution >= 4 is 5.97 Å². The summed E-state index contributed by atoms with van der Waals surface area (Å²) in [4.78, 5) is 12.5. The second-order valence-corrected chi connectivity index (χ2v) is 6.57. The van der Waals surface area contributed by atoms with E-state index >= 15 is 0 Å². The first kappa shape index (κ1) is 19.4. The highest BCUT2D eigenvalue weighted by Crippen LogP contribution is 2.71.